The number of hydrogen-bond acceptors (Lipinski definition) is 8. The fraction of sp³-hybridized carbons (Fsp3) is 0.360. The third-order valence-electron chi connectivity index (χ3n) is 6.23. The monoisotopic (exact) mass is 510 g/mol. The number of aliphatic carboxylic acids is 1. The third kappa shape index (κ3) is 4.49. The van der Waals surface area contributed by atoms with Gasteiger partial charge in [-0.2, -0.15) is 0 Å². The van der Waals surface area contributed by atoms with Gasteiger partial charge in [0.15, 0.2) is 4.80 Å². The minimum atomic E-state index is -1.05. The van der Waals surface area contributed by atoms with E-state index in [9.17, 15) is 14.7 Å². The summed E-state index contributed by atoms with van der Waals surface area (Å²) in [5.74, 6) is -1.05. The van der Waals surface area contributed by atoms with Gasteiger partial charge in [0.25, 0.3) is 5.56 Å². The highest BCUT2D eigenvalue weighted by Crippen LogP contribution is 2.35. The third-order valence-corrected chi connectivity index (χ3v) is 8.19. The fourth-order valence-electron chi connectivity index (χ4n) is 4.50. The normalized spacial score (nSPS) is 18.5. The largest absolute Gasteiger partial charge is 0.478 e. The first-order chi connectivity index (χ1) is 17.0. The van der Waals surface area contributed by atoms with Crippen LogP contribution in [0.3, 0.4) is 0 Å². The summed E-state index contributed by atoms with van der Waals surface area (Å²) in [6, 6.07) is 7.38. The van der Waals surface area contributed by atoms with Gasteiger partial charge in [0.05, 0.1) is 45.1 Å². The molecule has 4 heterocycles. The van der Waals surface area contributed by atoms with E-state index in [1.807, 2.05) is 32.1 Å². The molecule has 10 heteroatoms. The van der Waals surface area contributed by atoms with E-state index in [2.05, 4.69) is 27.0 Å². The molecule has 0 amide bonds. The predicted octanol–water partition coefficient (Wildman–Crippen LogP) is 2.70. The summed E-state index contributed by atoms with van der Waals surface area (Å²) in [5, 5.41) is 10.1. The van der Waals surface area contributed by atoms with Crippen LogP contribution in [0, 0.1) is 6.92 Å². The van der Waals surface area contributed by atoms with Gasteiger partial charge in [-0.3, -0.25) is 9.36 Å². The Kier molecular flexibility index (Phi) is 6.68. The second kappa shape index (κ2) is 9.88. The minimum absolute atomic E-state index is 0.160. The Balaban J connectivity index is 1.61. The second-order valence-corrected chi connectivity index (χ2v) is 10.4. The molecule has 1 unspecified atom stereocenters. The zero-order valence-electron chi connectivity index (χ0n) is 19.6. The number of carbonyl (C=O) groups is 1. The molecular weight excluding hydrogens is 484 g/mol. The molecule has 5 rings (SSSR count). The molecule has 35 heavy (non-hydrogen) atoms. The summed E-state index contributed by atoms with van der Waals surface area (Å²) < 4.78 is 7.48. The van der Waals surface area contributed by atoms with E-state index in [4.69, 9.17) is 4.74 Å². The molecule has 0 aliphatic carbocycles. The van der Waals surface area contributed by atoms with Gasteiger partial charge in [-0.25, -0.2) is 14.8 Å². The van der Waals surface area contributed by atoms with Crippen molar-refractivity contribution in [3.8, 4) is 0 Å². The molecule has 2 aromatic heterocycles. The van der Waals surface area contributed by atoms with Crippen molar-refractivity contribution in [2.24, 2.45) is 4.99 Å². The Morgan fingerprint density at radius 1 is 1.26 bits per heavy atom. The Hall–Kier alpha value is -3.08. The van der Waals surface area contributed by atoms with Crippen LogP contribution in [0.1, 0.15) is 41.9 Å². The molecule has 1 atom stereocenters. The lowest BCUT2D eigenvalue weighted by Gasteiger charge is -2.28. The van der Waals surface area contributed by atoms with Crippen molar-refractivity contribution in [3.05, 3.63) is 76.9 Å². The van der Waals surface area contributed by atoms with Crippen LogP contribution in [-0.2, 0) is 9.53 Å². The van der Waals surface area contributed by atoms with Crippen LogP contribution in [0.4, 0.5) is 5.69 Å². The SMILES string of the molecule is CCCC1=C(C(=O)O)C(c2scnc2C)n2c(s/c(=C\c3ccc(N4CCOCC4)cc3)c2=O)=N1. The van der Waals surface area contributed by atoms with Gasteiger partial charge in [0.1, 0.15) is 6.04 Å². The van der Waals surface area contributed by atoms with Crippen LogP contribution in [0.25, 0.3) is 6.08 Å². The van der Waals surface area contributed by atoms with E-state index in [1.165, 1.54) is 27.2 Å². The average molecular weight is 511 g/mol. The lowest BCUT2D eigenvalue weighted by Crippen LogP contribution is -2.39. The summed E-state index contributed by atoms with van der Waals surface area (Å²) in [7, 11) is 0. The molecule has 0 radical (unpaired) electrons. The van der Waals surface area contributed by atoms with Gasteiger partial charge in [-0.15, -0.1) is 11.3 Å². The van der Waals surface area contributed by atoms with E-state index in [0.29, 0.717) is 21.5 Å². The molecule has 0 spiro atoms. The number of morpholine rings is 1. The lowest BCUT2D eigenvalue weighted by molar-refractivity contribution is -0.133. The van der Waals surface area contributed by atoms with Crippen molar-refractivity contribution in [1.82, 2.24) is 9.55 Å². The van der Waals surface area contributed by atoms with Gasteiger partial charge in [-0.05, 0) is 37.1 Å². The van der Waals surface area contributed by atoms with Gasteiger partial charge in [0, 0.05) is 18.8 Å². The number of aromatic nitrogens is 2. The number of anilines is 1. The van der Waals surface area contributed by atoms with Crippen molar-refractivity contribution in [2.45, 2.75) is 32.7 Å². The molecule has 1 aromatic carbocycles. The number of nitrogens with zero attached hydrogens (tertiary/aromatic N) is 4. The first kappa shape index (κ1) is 23.7. The topological polar surface area (TPSA) is 97.0 Å². The van der Waals surface area contributed by atoms with Crippen LogP contribution in [-0.4, -0.2) is 46.9 Å². The van der Waals surface area contributed by atoms with Crippen molar-refractivity contribution in [3.63, 3.8) is 0 Å². The molecule has 0 saturated carbocycles. The molecule has 0 bridgehead atoms. The second-order valence-electron chi connectivity index (χ2n) is 8.49. The van der Waals surface area contributed by atoms with E-state index >= 15 is 0 Å². The summed E-state index contributed by atoms with van der Waals surface area (Å²) in [4.78, 5) is 38.5. The summed E-state index contributed by atoms with van der Waals surface area (Å²) >= 11 is 2.67. The maximum absolute atomic E-state index is 13.6. The molecule has 1 fully saturated rings. The van der Waals surface area contributed by atoms with E-state index < -0.39 is 12.0 Å². The van der Waals surface area contributed by atoms with Crippen LogP contribution in [0.15, 0.2) is 50.8 Å². The quantitative estimate of drug-likeness (QED) is 0.548. The number of allylic oxidation sites excluding steroid dienone is 1. The first-order valence-corrected chi connectivity index (χ1v) is 13.3. The van der Waals surface area contributed by atoms with E-state index in [-0.39, 0.29) is 11.1 Å². The van der Waals surface area contributed by atoms with Crippen molar-refractivity contribution in [2.75, 3.05) is 31.2 Å². The highest BCUT2D eigenvalue weighted by atomic mass is 32.1. The summed E-state index contributed by atoms with van der Waals surface area (Å²) in [6.45, 7) is 7.01. The molecule has 2 aliphatic heterocycles. The predicted molar refractivity (Wildman–Crippen MR) is 137 cm³/mol. The molecule has 1 saturated heterocycles. The number of fused-ring (bicyclic) bond motifs is 1. The van der Waals surface area contributed by atoms with Gasteiger partial charge in [-0.1, -0.05) is 36.8 Å². The van der Waals surface area contributed by atoms with Crippen LogP contribution < -0.4 is 19.8 Å². The molecule has 1 N–H and O–H groups in total. The smallest absolute Gasteiger partial charge is 0.335 e. The molecule has 8 nitrogen and oxygen atoms in total. The summed E-state index contributed by atoms with van der Waals surface area (Å²) in [5.41, 5.74) is 4.90. The van der Waals surface area contributed by atoms with Crippen molar-refractivity contribution in [1.29, 1.82) is 0 Å². The Labute approximate surface area is 210 Å². The zero-order chi connectivity index (χ0) is 24.5. The number of aryl methyl sites for hydroxylation is 1. The molecule has 3 aromatic rings. The van der Waals surface area contributed by atoms with Crippen molar-refractivity contribution >= 4 is 40.4 Å². The number of hydrogen-bond donors (Lipinski definition) is 1. The number of rotatable bonds is 6. The Bertz CT molecular complexity index is 1460. The standard InChI is InChI=1S/C25H26N4O4S2/c1-3-4-18-20(24(31)32)21(22-15(2)26-14-34-22)29-23(30)19(35-25(29)27-18)13-16-5-7-17(8-6-16)28-9-11-33-12-10-28/h5-8,13-14,21H,3-4,9-12H2,1-2H3,(H,31,32)/b19-13-. The Morgan fingerprint density at radius 2 is 2.00 bits per heavy atom. The number of benzene rings is 1. The minimum Gasteiger partial charge on any atom is -0.478 e. The fourth-order valence-corrected chi connectivity index (χ4v) is 6.42. The lowest BCUT2D eigenvalue weighted by atomic mass is 9.99. The number of carboxylic acids is 1. The van der Waals surface area contributed by atoms with E-state index in [0.717, 1.165) is 54.5 Å². The highest BCUT2D eigenvalue weighted by molar-refractivity contribution is 7.10. The van der Waals surface area contributed by atoms with Crippen LogP contribution in [0.5, 0.6) is 0 Å². The number of thiazole rings is 2. The maximum atomic E-state index is 13.6. The number of ether oxygens (including phenoxy) is 1. The Morgan fingerprint density at radius 3 is 2.63 bits per heavy atom. The average Bonchev–Trinajstić information content (AvgIpc) is 3.42. The van der Waals surface area contributed by atoms with Crippen molar-refractivity contribution < 1.29 is 14.6 Å². The molecule has 2 aliphatic rings. The maximum Gasteiger partial charge on any atom is 0.335 e. The molecular formula is C25H26N4O4S2. The number of carboxylic acid groups (broad SMARTS) is 1. The van der Waals surface area contributed by atoms with Gasteiger partial charge in [0.2, 0.25) is 0 Å². The van der Waals surface area contributed by atoms with E-state index in [1.54, 1.807) is 5.51 Å². The van der Waals surface area contributed by atoms with Crippen LogP contribution in [0.2, 0.25) is 0 Å². The van der Waals surface area contributed by atoms with Gasteiger partial charge < -0.3 is 14.7 Å². The molecule has 182 valence electrons. The van der Waals surface area contributed by atoms with Crippen LogP contribution >= 0.6 is 22.7 Å². The van der Waals surface area contributed by atoms with Gasteiger partial charge >= 0.3 is 5.97 Å². The summed E-state index contributed by atoms with van der Waals surface area (Å²) in [6.07, 6.45) is 3.14. The highest BCUT2D eigenvalue weighted by Gasteiger charge is 2.35. The zero-order valence-corrected chi connectivity index (χ0v) is 21.2. The first-order valence-electron chi connectivity index (χ1n) is 11.6.